The fraction of sp³-hybridized carbons (Fsp3) is 0.375. The Kier molecular flexibility index (Phi) is 7.54. The van der Waals surface area contributed by atoms with Crippen molar-refractivity contribution < 1.29 is 33.8 Å². The van der Waals surface area contributed by atoms with Crippen LogP contribution in [0.2, 0.25) is 0 Å². The minimum Gasteiger partial charge on any atom is -0.480 e. The van der Waals surface area contributed by atoms with Gasteiger partial charge in [0.1, 0.15) is 24.4 Å². The summed E-state index contributed by atoms with van der Waals surface area (Å²) in [6.45, 7) is 2.09. The molecule has 0 unspecified atom stereocenters. The molecule has 1 rings (SSSR count). The number of carbonyl (C=O) groups is 4. The van der Waals surface area contributed by atoms with Crippen LogP contribution in [0.15, 0.2) is 24.3 Å². The number of benzene rings is 1. The number of hydrogen-bond acceptors (Lipinski definition) is 7. The largest absolute Gasteiger partial charge is 0.480 e. The summed E-state index contributed by atoms with van der Waals surface area (Å²) in [6, 6.07) is 3.82. The Hall–Kier alpha value is -2.94. The van der Waals surface area contributed by atoms with Gasteiger partial charge in [0.25, 0.3) is 0 Å². The maximum Gasteiger partial charge on any atom is 0.326 e. The third-order valence-electron chi connectivity index (χ3n) is 3.04. The monoisotopic (exact) mass is 352 g/mol. The van der Waals surface area contributed by atoms with Gasteiger partial charge >= 0.3 is 17.9 Å². The maximum absolute atomic E-state index is 11.9. The summed E-state index contributed by atoms with van der Waals surface area (Å²) in [4.78, 5) is 44.8. The van der Waals surface area contributed by atoms with Gasteiger partial charge in [-0.3, -0.25) is 14.4 Å². The van der Waals surface area contributed by atoms with Crippen LogP contribution in [-0.4, -0.2) is 47.6 Å². The zero-order valence-electron chi connectivity index (χ0n) is 13.9. The Morgan fingerprint density at radius 3 is 2.20 bits per heavy atom. The van der Waals surface area contributed by atoms with Crippen molar-refractivity contribution >= 4 is 23.8 Å². The highest BCUT2D eigenvalue weighted by molar-refractivity contribution is 5.87. The van der Waals surface area contributed by atoms with E-state index < -0.39 is 35.9 Å². The molecule has 0 heterocycles. The number of carbonyl (C=O) groups excluding carboxylic acids is 3. The van der Waals surface area contributed by atoms with E-state index in [1.54, 1.807) is 12.1 Å². The summed E-state index contributed by atoms with van der Waals surface area (Å²) >= 11 is 0. The molecule has 0 saturated carbocycles. The van der Waals surface area contributed by atoms with Crippen molar-refractivity contribution in [2.45, 2.75) is 32.4 Å². The summed E-state index contributed by atoms with van der Waals surface area (Å²) in [5.41, 5.74) is 6.15. The highest BCUT2D eigenvalue weighted by Crippen LogP contribution is 2.14. The minimum absolute atomic E-state index is 0.00170. The summed E-state index contributed by atoms with van der Waals surface area (Å²) in [5.74, 6) is -2.71. The first-order chi connectivity index (χ1) is 11.7. The van der Waals surface area contributed by atoms with Crippen LogP contribution in [0, 0.1) is 0 Å². The highest BCUT2D eigenvalue weighted by Gasteiger charge is 2.24. The zero-order chi connectivity index (χ0) is 19.0. The first-order valence-corrected chi connectivity index (χ1v) is 7.38. The van der Waals surface area contributed by atoms with E-state index in [1.807, 2.05) is 0 Å². The first kappa shape index (κ1) is 20.1. The molecular formula is C16H20N2O7. The SMILES string of the molecule is CC(=O)OC[C@H](N)C(=O)N[C@@H](Cc1ccc(OC(C)=O)cc1)C(=O)O. The van der Waals surface area contributed by atoms with E-state index in [2.05, 4.69) is 10.1 Å². The van der Waals surface area contributed by atoms with Crippen molar-refractivity contribution in [2.75, 3.05) is 6.61 Å². The first-order valence-electron chi connectivity index (χ1n) is 7.38. The molecule has 1 aromatic rings. The number of aliphatic carboxylic acids is 1. The molecule has 136 valence electrons. The fourth-order valence-electron chi connectivity index (χ4n) is 1.86. The Morgan fingerprint density at radius 2 is 1.72 bits per heavy atom. The molecule has 2 atom stereocenters. The highest BCUT2D eigenvalue weighted by atomic mass is 16.5. The number of amides is 1. The van der Waals surface area contributed by atoms with Gasteiger partial charge in [-0.1, -0.05) is 12.1 Å². The normalized spacial score (nSPS) is 12.6. The van der Waals surface area contributed by atoms with Gasteiger partial charge in [-0.05, 0) is 17.7 Å². The molecule has 0 spiro atoms. The maximum atomic E-state index is 11.9. The van der Waals surface area contributed by atoms with Crippen LogP contribution in [0.1, 0.15) is 19.4 Å². The smallest absolute Gasteiger partial charge is 0.326 e. The number of nitrogens with one attached hydrogen (secondary N) is 1. The van der Waals surface area contributed by atoms with Crippen LogP contribution in [0.3, 0.4) is 0 Å². The van der Waals surface area contributed by atoms with E-state index in [0.717, 1.165) is 0 Å². The Bertz CT molecular complexity index is 642. The number of nitrogens with two attached hydrogens (primary N) is 1. The number of hydrogen-bond donors (Lipinski definition) is 3. The molecule has 4 N–H and O–H groups in total. The molecule has 25 heavy (non-hydrogen) atoms. The van der Waals surface area contributed by atoms with Gasteiger partial charge in [-0.15, -0.1) is 0 Å². The van der Waals surface area contributed by atoms with Crippen LogP contribution >= 0.6 is 0 Å². The molecule has 0 radical (unpaired) electrons. The lowest BCUT2D eigenvalue weighted by molar-refractivity contribution is -0.145. The lowest BCUT2D eigenvalue weighted by Gasteiger charge is -2.18. The van der Waals surface area contributed by atoms with Crippen molar-refractivity contribution in [1.82, 2.24) is 5.32 Å². The van der Waals surface area contributed by atoms with E-state index in [1.165, 1.54) is 26.0 Å². The van der Waals surface area contributed by atoms with Gasteiger partial charge in [-0.25, -0.2) is 4.79 Å². The number of rotatable bonds is 8. The lowest BCUT2D eigenvalue weighted by atomic mass is 10.1. The number of carboxylic acid groups (broad SMARTS) is 1. The van der Waals surface area contributed by atoms with E-state index >= 15 is 0 Å². The van der Waals surface area contributed by atoms with Crippen LogP contribution in [-0.2, 0) is 30.3 Å². The van der Waals surface area contributed by atoms with Gasteiger partial charge < -0.3 is 25.6 Å². The number of esters is 2. The molecule has 0 aliphatic carbocycles. The predicted octanol–water partition coefficient (Wildman–Crippen LogP) is -0.386. The quantitative estimate of drug-likeness (QED) is 0.424. The molecule has 1 aromatic carbocycles. The molecule has 0 saturated heterocycles. The average molecular weight is 352 g/mol. The molecule has 0 bridgehead atoms. The summed E-state index contributed by atoms with van der Waals surface area (Å²) in [5, 5.41) is 11.5. The molecular weight excluding hydrogens is 332 g/mol. The Labute approximate surface area is 144 Å². The second kappa shape index (κ2) is 9.38. The number of carboxylic acids is 1. The van der Waals surface area contributed by atoms with Crippen molar-refractivity contribution in [3.8, 4) is 5.75 Å². The van der Waals surface area contributed by atoms with E-state index in [0.29, 0.717) is 11.3 Å². The molecule has 1 amide bonds. The fourth-order valence-corrected chi connectivity index (χ4v) is 1.86. The third-order valence-corrected chi connectivity index (χ3v) is 3.04. The molecule has 0 aromatic heterocycles. The topological polar surface area (TPSA) is 145 Å². The van der Waals surface area contributed by atoms with Gasteiger partial charge in [0, 0.05) is 20.3 Å². The third kappa shape index (κ3) is 7.44. The molecule has 0 aliphatic rings. The van der Waals surface area contributed by atoms with Crippen molar-refractivity contribution in [3.05, 3.63) is 29.8 Å². The van der Waals surface area contributed by atoms with Crippen molar-refractivity contribution in [1.29, 1.82) is 0 Å². The van der Waals surface area contributed by atoms with Crippen LogP contribution in [0.5, 0.6) is 5.75 Å². The van der Waals surface area contributed by atoms with E-state index in [4.69, 9.17) is 10.5 Å². The van der Waals surface area contributed by atoms with Gasteiger partial charge in [0.15, 0.2) is 0 Å². The second-order valence-corrected chi connectivity index (χ2v) is 5.25. The standard InChI is InChI=1S/C16H20N2O7/c1-9(19)24-8-13(17)15(21)18-14(16(22)23)7-11-3-5-12(6-4-11)25-10(2)20/h3-6,13-14H,7-8,17H2,1-2H3,(H,18,21)(H,22,23)/t13-,14-/m0/s1. The van der Waals surface area contributed by atoms with Crippen LogP contribution < -0.4 is 15.8 Å². The van der Waals surface area contributed by atoms with E-state index in [-0.39, 0.29) is 13.0 Å². The Balaban J connectivity index is 2.67. The minimum atomic E-state index is -1.24. The molecule has 9 nitrogen and oxygen atoms in total. The summed E-state index contributed by atoms with van der Waals surface area (Å²) in [7, 11) is 0. The zero-order valence-corrected chi connectivity index (χ0v) is 13.9. The summed E-state index contributed by atoms with van der Waals surface area (Å²) in [6.07, 6.45) is 0.00170. The average Bonchev–Trinajstić information content (AvgIpc) is 2.52. The van der Waals surface area contributed by atoms with Gasteiger partial charge in [0.05, 0.1) is 0 Å². The molecule has 0 fully saturated rings. The Morgan fingerprint density at radius 1 is 1.12 bits per heavy atom. The van der Waals surface area contributed by atoms with Crippen LogP contribution in [0.25, 0.3) is 0 Å². The summed E-state index contributed by atoms with van der Waals surface area (Å²) < 4.78 is 9.50. The predicted molar refractivity (Wildman–Crippen MR) is 85.6 cm³/mol. The van der Waals surface area contributed by atoms with Crippen molar-refractivity contribution in [3.63, 3.8) is 0 Å². The molecule has 9 heteroatoms. The van der Waals surface area contributed by atoms with Crippen molar-refractivity contribution in [2.24, 2.45) is 5.73 Å². The van der Waals surface area contributed by atoms with E-state index in [9.17, 15) is 24.3 Å². The number of ether oxygens (including phenoxy) is 2. The van der Waals surface area contributed by atoms with Gasteiger partial charge in [0.2, 0.25) is 5.91 Å². The molecule has 0 aliphatic heterocycles. The van der Waals surface area contributed by atoms with Crippen LogP contribution in [0.4, 0.5) is 0 Å². The lowest BCUT2D eigenvalue weighted by Crippen LogP contribution is -2.51. The second-order valence-electron chi connectivity index (χ2n) is 5.25. The van der Waals surface area contributed by atoms with Gasteiger partial charge in [-0.2, -0.15) is 0 Å².